The number of hydrogen-bond donors (Lipinski definition) is 2. The highest BCUT2D eigenvalue weighted by molar-refractivity contribution is 5.94. The van der Waals surface area contributed by atoms with Gasteiger partial charge in [0.15, 0.2) is 0 Å². The van der Waals surface area contributed by atoms with Gasteiger partial charge in [-0.2, -0.15) is 0 Å². The predicted molar refractivity (Wildman–Crippen MR) is 68.0 cm³/mol. The van der Waals surface area contributed by atoms with Crippen LogP contribution >= 0.6 is 0 Å². The van der Waals surface area contributed by atoms with Crippen molar-refractivity contribution in [1.82, 2.24) is 4.98 Å². The molecule has 0 spiro atoms. The fraction of sp³-hybridized carbons (Fsp3) is 0.500. The zero-order valence-corrected chi connectivity index (χ0v) is 10.0. The summed E-state index contributed by atoms with van der Waals surface area (Å²) in [6.07, 6.45) is 5.30. The number of nitrogens with one attached hydrogen (secondary N) is 1. The Balaban J connectivity index is 2.56. The molecule has 0 unspecified atom stereocenters. The number of hydrogen-bond acceptors (Lipinski definition) is 3. The van der Waals surface area contributed by atoms with Crippen molar-refractivity contribution in [3.63, 3.8) is 0 Å². The summed E-state index contributed by atoms with van der Waals surface area (Å²) in [5, 5.41) is 7.27. The fourth-order valence-electron chi connectivity index (χ4n) is 1.48. The Kier molecular flexibility index (Phi) is 4.76. The van der Waals surface area contributed by atoms with Gasteiger partial charge < -0.3 is 10.6 Å². The Morgan fingerprint density at radius 3 is 2.69 bits per heavy atom. The summed E-state index contributed by atoms with van der Waals surface area (Å²) in [5.41, 5.74) is 6.04. The first kappa shape index (κ1) is 12.5. The molecule has 0 fully saturated rings. The summed E-state index contributed by atoms with van der Waals surface area (Å²) in [6.45, 7) is 3.21. The summed E-state index contributed by atoms with van der Waals surface area (Å²) in [6, 6.07) is 3.74. The van der Waals surface area contributed by atoms with Crippen LogP contribution in [-0.4, -0.2) is 24.4 Å². The molecule has 0 aromatic carbocycles. The summed E-state index contributed by atoms with van der Waals surface area (Å²) < 4.78 is 0. The smallest absolute Gasteiger partial charge is 0.128 e. The van der Waals surface area contributed by atoms with Gasteiger partial charge >= 0.3 is 0 Å². The molecule has 0 saturated carbocycles. The summed E-state index contributed by atoms with van der Waals surface area (Å²) >= 11 is 0. The Hall–Kier alpha value is -1.58. The molecule has 0 aliphatic heterocycles. The number of nitrogens with two attached hydrogens (primary N) is 1. The first-order chi connectivity index (χ1) is 7.65. The van der Waals surface area contributed by atoms with Crippen molar-refractivity contribution in [1.29, 1.82) is 5.41 Å². The van der Waals surface area contributed by atoms with Crippen molar-refractivity contribution in [2.75, 3.05) is 18.5 Å². The highest BCUT2D eigenvalue weighted by Crippen LogP contribution is 2.10. The van der Waals surface area contributed by atoms with Gasteiger partial charge in [0.25, 0.3) is 0 Å². The maximum atomic E-state index is 7.27. The lowest BCUT2D eigenvalue weighted by atomic mass is 10.2. The van der Waals surface area contributed by atoms with E-state index in [0.29, 0.717) is 5.56 Å². The van der Waals surface area contributed by atoms with E-state index in [1.807, 2.05) is 19.2 Å². The molecular formula is C12H20N4. The second-order valence-corrected chi connectivity index (χ2v) is 3.95. The molecule has 0 amide bonds. The molecule has 0 aliphatic rings. The number of nitrogens with zero attached hydrogens (tertiary/aromatic N) is 2. The number of pyridine rings is 1. The number of rotatable bonds is 6. The van der Waals surface area contributed by atoms with E-state index >= 15 is 0 Å². The molecule has 1 rings (SSSR count). The quantitative estimate of drug-likeness (QED) is 0.438. The molecule has 0 saturated heterocycles. The standard InChI is InChI=1S/C12H20N4/c1-3-4-5-8-16(2)11-7-6-10(9-15-11)12(13)14/h6-7,9H,3-5,8H2,1-2H3,(H3,13,14). The molecule has 0 radical (unpaired) electrons. The van der Waals surface area contributed by atoms with Crippen LogP contribution < -0.4 is 10.6 Å². The van der Waals surface area contributed by atoms with Crippen LogP contribution in [0.5, 0.6) is 0 Å². The van der Waals surface area contributed by atoms with Crippen molar-refractivity contribution in [2.24, 2.45) is 5.73 Å². The largest absolute Gasteiger partial charge is 0.384 e. The number of nitrogen functional groups attached to an aromatic ring is 1. The summed E-state index contributed by atoms with van der Waals surface area (Å²) in [7, 11) is 2.03. The molecule has 88 valence electrons. The van der Waals surface area contributed by atoms with Gasteiger partial charge in [-0.3, -0.25) is 5.41 Å². The van der Waals surface area contributed by atoms with Gasteiger partial charge in [-0.25, -0.2) is 4.98 Å². The van der Waals surface area contributed by atoms with Crippen LogP contribution in [0.3, 0.4) is 0 Å². The van der Waals surface area contributed by atoms with E-state index in [1.54, 1.807) is 6.20 Å². The van der Waals surface area contributed by atoms with Crippen LogP contribution in [0.1, 0.15) is 31.7 Å². The molecule has 0 aliphatic carbocycles. The Bertz CT molecular complexity index is 331. The Labute approximate surface area is 97.0 Å². The maximum Gasteiger partial charge on any atom is 0.128 e. The first-order valence-corrected chi connectivity index (χ1v) is 5.66. The number of amidine groups is 1. The molecule has 16 heavy (non-hydrogen) atoms. The second kappa shape index (κ2) is 6.10. The highest BCUT2D eigenvalue weighted by atomic mass is 15.2. The molecule has 4 heteroatoms. The second-order valence-electron chi connectivity index (χ2n) is 3.95. The fourth-order valence-corrected chi connectivity index (χ4v) is 1.48. The molecule has 1 aromatic rings. The minimum absolute atomic E-state index is 0.0627. The lowest BCUT2D eigenvalue weighted by Crippen LogP contribution is -2.20. The van der Waals surface area contributed by atoms with Gasteiger partial charge in [0.2, 0.25) is 0 Å². The third-order valence-corrected chi connectivity index (χ3v) is 2.55. The van der Waals surface area contributed by atoms with Crippen LogP contribution in [0, 0.1) is 5.41 Å². The molecular weight excluding hydrogens is 200 g/mol. The number of anilines is 1. The molecule has 1 heterocycles. The van der Waals surface area contributed by atoms with Crippen LogP contribution in [0.25, 0.3) is 0 Å². The van der Waals surface area contributed by atoms with E-state index < -0.39 is 0 Å². The average molecular weight is 220 g/mol. The predicted octanol–water partition coefficient (Wildman–Crippen LogP) is 1.99. The minimum Gasteiger partial charge on any atom is -0.384 e. The zero-order valence-electron chi connectivity index (χ0n) is 10.0. The normalized spacial score (nSPS) is 10.1. The van der Waals surface area contributed by atoms with Gasteiger partial charge in [-0.1, -0.05) is 19.8 Å². The van der Waals surface area contributed by atoms with Crippen molar-refractivity contribution in [3.8, 4) is 0 Å². The van der Waals surface area contributed by atoms with E-state index in [2.05, 4.69) is 16.8 Å². The summed E-state index contributed by atoms with van der Waals surface area (Å²) in [5.74, 6) is 0.994. The van der Waals surface area contributed by atoms with Crippen LogP contribution in [0.4, 0.5) is 5.82 Å². The van der Waals surface area contributed by atoms with Gasteiger partial charge in [0, 0.05) is 25.4 Å². The third kappa shape index (κ3) is 3.53. The van der Waals surface area contributed by atoms with Gasteiger partial charge in [-0.05, 0) is 18.6 Å². The molecule has 0 atom stereocenters. The maximum absolute atomic E-state index is 7.27. The van der Waals surface area contributed by atoms with Crippen molar-refractivity contribution in [3.05, 3.63) is 23.9 Å². The van der Waals surface area contributed by atoms with Gasteiger partial charge in [0.05, 0.1) is 0 Å². The van der Waals surface area contributed by atoms with Gasteiger partial charge in [-0.15, -0.1) is 0 Å². The van der Waals surface area contributed by atoms with Crippen molar-refractivity contribution < 1.29 is 0 Å². The number of aromatic nitrogens is 1. The van der Waals surface area contributed by atoms with Crippen molar-refractivity contribution in [2.45, 2.75) is 26.2 Å². The van der Waals surface area contributed by atoms with Gasteiger partial charge in [0.1, 0.15) is 11.7 Å². The molecule has 4 nitrogen and oxygen atoms in total. The van der Waals surface area contributed by atoms with Crippen molar-refractivity contribution >= 4 is 11.7 Å². The topological polar surface area (TPSA) is 66.0 Å². The SMILES string of the molecule is CCCCCN(C)c1ccc(C(=N)N)cn1. The van der Waals surface area contributed by atoms with E-state index in [-0.39, 0.29) is 5.84 Å². The Morgan fingerprint density at radius 2 is 2.19 bits per heavy atom. The lowest BCUT2D eigenvalue weighted by Gasteiger charge is -2.17. The molecule has 1 aromatic heterocycles. The van der Waals surface area contributed by atoms with E-state index in [1.165, 1.54) is 19.3 Å². The molecule has 0 bridgehead atoms. The molecule has 3 N–H and O–H groups in total. The monoisotopic (exact) mass is 220 g/mol. The van der Waals surface area contributed by atoms with Crippen LogP contribution in [-0.2, 0) is 0 Å². The summed E-state index contributed by atoms with van der Waals surface area (Å²) in [4.78, 5) is 6.41. The Morgan fingerprint density at radius 1 is 1.44 bits per heavy atom. The van der Waals surface area contributed by atoms with E-state index in [4.69, 9.17) is 11.1 Å². The van der Waals surface area contributed by atoms with Crippen LogP contribution in [0.15, 0.2) is 18.3 Å². The lowest BCUT2D eigenvalue weighted by molar-refractivity contribution is 0.701. The third-order valence-electron chi connectivity index (χ3n) is 2.55. The number of unbranched alkanes of at least 4 members (excludes halogenated alkanes) is 2. The minimum atomic E-state index is 0.0627. The van der Waals surface area contributed by atoms with E-state index in [9.17, 15) is 0 Å². The van der Waals surface area contributed by atoms with E-state index in [0.717, 1.165) is 12.4 Å². The van der Waals surface area contributed by atoms with Crippen LogP contribution in [0.2, 0.25) is 0 Å². The highest BCUT2D eigenvalue weighted by Gasteiger charge is 2.02. The zero-order chi connectivity index (χ0) is 12.0. The first-order valence-electron chi connectivity index (χ1n) is 5.66. The average Bonchev–Trinajstić information content (AvgIpc) is 2.29.